The molecule has 4 heteroatoms. The Labute approximate surface area is 127 Å². The van der Waals surface area contributed by atoms with Crippen LogP contribution >= 0.6 is 11.8 Å². The van der Waals surface area contributed by atoms with E-state index in [9.17, 15) is 0 Å². The first kappa shape index (κ1) is 15.6. The maximum atomic E-state index is 4.30. The Hall–Kier alpha value is -0.740. The fourth-order valence-corrected chi connectivity index (χ4v) is 3.69. The van der Waals surface area contributed by atoms with Crippen molar-refractivity contribution >= 4 is 17.4 Å². The molecule has 20 heavy (non-hydrogen) atoms. The highest BCUT2D eigenvalue weighted by Gasteiger charge is 2.28. The quantitative estimate of drug-likeness (QED) is 0.902. The van der Waals surface area contributed by atoms with Crippen LogP contribution in [-0.2, 0) is 6.54 Å². The van der Waals surface area contributed by atoms with E-state index < -0.39 is 0 Å². The van der Waals surface area contributed by atoms with E-state index in [1.54, 1.807) is 0 Å². The maximum Gasteiger partial charge on any atom is 0.0443 e. The molecule has 2 rings (SSSR count). The molecule has 0 saturated carbocycles. The van der Waals surface area contributed by atoms with Gasteiger partial charge in [-0.2, -0.15) is 11.8 Å². The minimum absolute atomic E-state index is 0.337. The Balaban J connectivity index is 2.07. The number of rotatable bonds is 5. The second kappa shape index (κ2) is 6.81. The number of thioether (sulfide) groups is 1. The molecule has 3 nitrogen and oxygen atoms in total. The third-order valence-electron chi connectivity index (χ3n) is 3.51. The van der Waals surface area contributed by atoms with Gasteiger partial charge in [0.25, 0.3) is 0 Å². The molecule has 1 N–H and O–H groups in total. The van der Waals surface area contributed by atoms with E-state index in [2.05, 4.69) is 60.7 Å². The van der Waals surface area contributed by atoms with Crippen molar-refractivity contribution in [2.24, 2.45) is 5.92 Å². The fraction of sp³-hybridized carbons (Fsp3) is 0.688. The summed E-state index contributed by atoms with van der Waals surface area (Å²) < 4.78 is 0.337. The summed E-state index contributed by atoms with van der Waals surface area (Å²) in [4.78, 5) is 6.82. The maximum absolute atomic E-state index is 4.30. The van der Waals surface area contributed by atoms with Gasteiger partial charge in [-0.3, -0.25) is 4.98 Å². The average molecular weight is 293 g/mol. The van der Waals surface area contributed by atoms with Crippen molar-refractivity contribution in [1.82, 2.24) is 10.3 Å². The van der Waals surface area contributed by atoms with E-state index in [0.29, 0.717) is 10.7 Å². The highest BCUT2D eigenvalue weighted by Crippen LogP contribution is 2.33. The lowest BCUT2D eigenvalue weighted by Gasteiger charge is -2.39. The monoisotopic (exact) mass is 293 g/mol. The molecular formula is C16H27N3S. The molecule has 2 heterocycles. The molecule has 1 aromatic heterocycles. The van der Waals surface area contributed by atoms with Crippen LogP contribution in [0.25, 0.3) is 0 Å². The molecule has 0 atom stereocenters. The van der Waals surface area contributed by atoms with E-state index >= 15 is 0 Å². The van der Waals surface area contributed by atoms with Gasteiger partial charge in [-0.05, 0) is 32.4 Å². The lowest BCUT2D eigenvalue weighted by atomic mass is 10.1. The zero-order chi connectivity index (χ0) is 14.6. The molecule has 0 aromatic carbocycles. The van der Waals surface area contributed by atoms with Gasteiger partial charge in [0.05, 0.1) is 0 Å². The molecule has 0 spiro atoms. The Morgan fingerprint density at radius 1 is 1.45 bits per heavy atom. The third-order valence-corrected chi connectivity index (χ3v) is 4.81. The number of nitrogens with zero attached hydrogens (tertiary/aromatic N) is 2. The summed E-state index contributed by atoms with van der Waals surface area (Å²) in [6, 6.07) is 2.17. The molecule has 1 fully saturated rings. The van der Waals surface area contributed by atoms with E-state index in [0.717, 1.165) is 26.2 Å². The van der Waals surface area contributed by atoms with Crippen LogP contribution in [-0.4, -0.2) is 35.1 Å². The zero-order valence-electron chi connectivity index (χ0n) is 13.1. The smallest absolute Gasteiger partial charge is 0.0443 e. The van der Waals surface area contributed by atoms with Crippen molar-refractivity contribution < 1.29 is 0 Å². The minimum Gasteiger partial charge on any atom is -0.369 e. The summed E-state index contributed by atoms with van der Waals surface area (Å²) in [6.07, 6.45) is 3.92. The zero-order valence-corrected chi connectivity index (χ0v) is 14.0. The minimum atomic E-state index is 0.337. The normalized spacial score (nSPS) is 18.6. The standard InChI is InChI=1S/C16H27N3S/c1-13(2)9-18-11-14-10-17-6-5-15(14)19-7-8-20-16(3,4)12-19/h5-6,10,13,18H,7-9,11-12H2,1-4H3. The molecule has 1 aliphatic heterocycles. The molecule has 0 aliphatic carbocycles. The highest BCUT2D eigenvalue weighted by atomic mass is 32.2. The van der Waals surface area contributed by atoms with Crippen molar-refractivity contribution in [3.05, 3.63) is 24.0 Å². The first-order valence-corrected chi connectivity index (χ1v) is 8.49. The van der Waals surface area contributed by atoms with Gasteiger partial charge in [-0.15, -0.1) is 0 Å². The van der Waals surface area contributed by atoms with Gasteiger partial charge in [-0.1, -0.05) is 13.8 Å². The van der Waals surface area contributed by atoms with Crippen molar-refractivity contribution in [2.75, 3.05) is 30.3 Å². The second-order valence-corrected chi connectivity index (χ2v) is 8.36. The van der Waals surface area contributed by atoms with E-state index in [1.807, 2.05) is 12.4 Å². The van der Waals surface area contributed by atoms with Gasteiger partial charge in [0.1, 0.15) is 0 Å². The van der Waals surface area contributed by atoms with Gasteiger partial charge < -0.3 is 10.2 Å². The first-order chi connectivity index (χ1) is 9.48. The number of hydrogen-bond donors (Lipinski definition) is 1. The number of anilines is 1. The van der Waals surface area contributed by atoms with Gasteiger partial charge in [0, 0.05) is 53.8 Å². The van der Waals surface area contributed by atoms with Crippen LogP contribution in [0.3, 0.4) is 0 Å². The second-order valence-electron chi connectivity index (χ2n) is 6.56. The Kier molecular flexibility index (Phi) is 5.33. The van der Waals surface area contributed by atoms with Crippen molar-refractivity contribution in [3.63, 3.8) is 0 Å². The SMILES string of the molecule is CC(C)CNCc1cnccc1N1CCSC(C)(C)C1. The summed E-state index contributed by atoms with van der Waals surface area (Å²) in [5.74, 6) is 1.88. The largest absolute Gasteiger partial charge is 0.369 e. The van der Waals surface area contributed by atoms with E-state index in [-0.39, 0.29) is 0 Å². The van der Waals surface area contributed by atoms with Crippen molar-refractivity contribution in [1.29, 1.82) is 0 Å². The molecule has 0 amide bonds. The Bertz CT molecular complexity index is 431. The highest BCUT2D eigenvalue weighted by molar-refractivity contribution is 8.00. The number of aromatic nitrogens is 1. The van der Waals surface area contributed by atoms with Crippen LogP contribution in [0.5, 0.6) is 0 Å². The van der Waals surface area contributed by atoms with Crippen LogP contribution in [0, 0.1) is 5.92 Å². The summed E-state index contributed by atoms with van der Waals surface area (Å²) >= 11 is 2.07. The van der Waals surface area contributed by atoms with E-state index in [4.69, 9.17) is 0 Å². The molecule has 1 aliphatic rings. The first-order valence-electron chi connectivity index (χ1n) is 7.50. The van der Waals surface area contributed by atoms with Gasteiger partial charge in [0.2, 0.25) is 0 Å². The average Bonchev–Trinajstić information content (AvgIpc) is 2.37. The predicted octanol–water partition coefficient (Wildman–Crippen LogP) is 3.16. The summed E-state index contributed by atoms with van der Waals surface area (Å²) in [5.41, 5.74) is 2.67. The fourth-order valence-electron chi connectivity index (χ4n) is 2.58. The lowest BCUT2D eigenvalue weighted by molar-refractivity contribution is 0.550. The van der Waals surface area contributed by atoms with Gasteiger partial charge >= 0.3 is 0 Å². The summed E-state index contributed by atoms with van der Waals surface area (Å²) in [5, 5.41) is 3.53. The Morgan fingerprint density at radius 3 is 2.95 bits per heavy atom. The van der Waals surface area contributed by atoms with Crippen LogP contribution in [0.15, 0.2) is 18.5 Å². The summed E-state index contributed by atoms with van der Waals surface area (Å²) in [6.45, 7) is 13.3. The van der Waals surface area contributed by atoms with Crippen LogP contribution in [0.2, 0.25) is 0 Å². The number of nitrogens with one attached hydrogen (secondary N) is 1. The molecule has 0 radical (unpaired) electrons. The number of hydrogen-bond acceptors (Lipinski definition) is 4. The topological polar surface area (TPSA) is 28.2 Å². The van der Waals surface area contributed by atoms with Crippen LogP contribution in [0.4, 0.5) is 5.69 Å². The van der Waals surface area contributed by atoms with Crippen molar-refractivity contribution in [3.8, 4) is 0 Å². The number of pyridine rings is 1. The van der Waals surface area contributed by atoms with Crippen LogP contribution < -0.4 is 10.2 Å². The molecular weight excluding hydrogens is 266 g/mol. The van der Waals surface area contributed by atoms with Gasteiger partial charge in [0.15, 0.2) is 0 Å². The van der Waals surface area contributed by atoms with E-state index in [1.165, 1.54) is 17.0 Å². The molecule has 0 unspecified atom stereocenters. The predicted molar refractivity (Wildman–Crippen MR) is 89.5 cm³/mol. The summed E-state index contributed by atoms with van der Waals surface area (Å²) in [7, 11) is 0. The Morgan fingerprint density at radius 2 is 2.25 bits per heavy atom. The lowest BCUT2D eigenvalue weighted by Crippen LogP contribution is -2.43. The molecule has 112 valence electrons. The van der Waals surface area contributed by atoms with Crippen molar-refractivity contribution in [2.45, 2.75) is 39.0 Å². The third kappa shape index (κ3) is 4.38. The van der Waals surface area contributed by atoms with Crippen LogP contribution in [0.1, 0.15) is 33.3 Å². The molecule has 1 aromatic rings. The van der Waals surface area contributed by atoms with Gasteiger partial charge in [-0.25, -0.2) is 0 Å². The molecule has 0 bridgehead atoms. The molecule has 1 saturated heterocycles.